The summed E-state index contributed by atoms with van der Waals surface area (Å²) in [5, 5.41) is 0. The van der Waals surface area contributed by atoms with E-state index in [1.54, 1.807) is 0 Å². The highest BCUT2D eigenvalue weighted by atomic mass is 16.5. The predicted molar refractivity (Wildman–Crippen MR) is 50.5 cm³/mol. The number of hydrogen-bond donors (Lipinski definition) is 0. The molecule has 0 N–H and O–H groups in total. The van der Waals surface area contributed by atoms with Crippen molar-refractivity contribution in [3.63, 3.8) is 0 Å². The molecular weight excluding hydrogens is 164 g/mol. The van der Waals surface area contributed by atoms with Crippen molar-refractivity contribution in [2.24, 2.45) is 11.8 Å². The van der Waals surface area contributed by atoms with Crippen LogP contribution in [0.3, 0.4) is 0 Å². The molecule has 1 heterocycles. The average molecular weight is 182 g/mol. The van der Waals surface area contributed by atoms with Crippen LogP contribution in [0.1, 0.15) is 39.0 Å². The number of aldehydes is 1. The van der Waals surface area contributed by atoms with Crippen LogP contribution in [0.15, 0.2) is 0 Å². The van der Waals surface area contributed by atoms with Gasteiger partial charge in [0.2, 0.25) is 0 Å². The van der Waals surface area contributed by atoms with Gasteiger partial charge in [-0.05, 0) is 37.5 Å². The fourth-order valence-corrected chi connectivity index (χ4v) is 2.53. The molecular formula is C11H18O2. The van der Waals surface area contributed by atoms with Gasteiger partial charge < -0.3 is 9.53 Å². The van der Waals surface area contributed by atoms with Crippen LogP contribution < -0.4 is 0 Å². The number of carbonyl (C=O) groups excluding carboxylic acids is 1. The van der Waals surface area contributed by atoms with Crippen molar-refractivity contribution in [3.8, 4) is 0 Å². The second-order valence-corrected chi connectivity index (χ2v) is 4.50. The highest BCUT2D eigenvalue weighted by Crippen LogP contribution is 2.48. The molecule has 0 aromatic heterocycles. The lowest BCUT2D eigenvalue weighted by Crippen LogP contribution is -2.30. The molecule has 1 saturated carbocycles. The van der Waals surface area contributed by atoms with Gasteiger partial charge in [0.15, 0.2) is 6.29 Å². The van der Waals surface area contributed by atoms with Gasteiger partial charge in [0, 0.05) is 6.61 Å². The first kappa shape index (κ1) is 9.20. The molecule has 74 valence electrons. The van der Waals surface area contributed by atoms with Crippen LogP contribution in [0.5, 0.6) is 0 Å². The zero-order valence-electron chi connectivity index (χ0n) is 8.29. The van der Waals surface area contributed by atoms with Crippen molar-refractivity contribution in [1.29, 1.82) is 0 Å². The van der Waals surface area contributed by atoms with E-state index in [2.05, 4.69) is 6.92 Å². The maximum Gasteiger partial charge on any atom is 0.151 e. The van der Waals surface area contributed by atoms with Crippen LogP contribution in [0.4, 0.5) is 0 Å². The largest absolute Gasteiger partial charge is 0.368 e. The van der Waals surface area contributed by atoms with E-state index in [0.717, 1.165) is 44.0 Å². The molecule has 2 heteroatoms. The van der Waals surface area contributed by atoms with Gasteiger partial charge in [-0.2, -0.15) is 0 Å². The summed E-state index contributed by atoms with van der Waals surface area (Å²) in [5.74, 6) is 1.65. The summed E-state index contributed by atoms with van der Waals surface area (Å²) in [7, 11) is 0. The molecule has 1 aliphatic heterocycles. The van der Waals surface area contributed by atoms with Crippen LogP contribution in [0.25, 0.3) is 0 Å². The third-order valence-corrected chi connectivity index (χ3v) is 3.55. The number of hydrogen-bond acceptors (Lipinski definition) is 2. The average Bonchev–Trinajstić information content (AvgIpc) is 2.72. The monoisotopic (exact) mass is 182 g/mol. The van der Waals surface area contributed by atoms with Gasteiger partial charge in [-0.1, -0.05) is 13.3 Å². The molecule has 1 saturated heterocycles. The molecule has 2 rings (SSSR count). The topological polar surface area (TPSA) is 26.3 Å². The molecule has 1 unspecified atom stereocenters. The molecule has 0 bridgehead atoms. The third-order valence-electron chi connectivity index (χ3n) is 3.55. The smallest absolute Gasteiger partial charge is 0.151 e. The second kappa shape index (κ2) is 3.41. The van der Waals surface area contributed by atoms with Crippen molar-refractivity contribution in [2.45, 2.75) is 44.6 Å². The fourth-order valence-electron chi connectivity index (χ4n) is 2.53. The van der Waals surface area contributed by atoms with E-state index >= 15 is 0 Å². The molecule has 0 spiro atoms. The van der Waals surface area contributed by atoms with Crippen molar-refractivity contribution in [1.82, 2.24) is 0 Å². The number of rotatable bonds is 4. The molecule has 2 nitrogen and oxygen atoms in total. The van der Waals surface area contributed by atoms with Crippen LogP contribution in [0.2, 0.25) is 0 Å². The molecule has 2 aliphatic rings. The molecule has 0 aromatic rings. The minimum absolute atomic E-state index is 0.380. The molecule has 0 aromatic carbocycles. The van der Waals surface area contributed by atoms with E-state index in [-0.39, 0.29) is 5.60 Å². The second-order valence-electron chi connectivity index (χ2n) is 4.50. The Hall–Kier alpha value is -0.370. The van der Waals surface area contributed by atoms with Crippen molar-refractivity contribution in [2.75, 3.05) is 6.61 Å². The van der Waals surface area contributed by atoms with E-state index in [4.69, 9.17) is 4.74 Å². The standard InChI is InChI=1S/C11H18O2/c1-2-9-6-10(9)7-11(8-12)4-3-5-13-11/h8-10H,2-7H2,1H3/t9-,10+,11?/m1/s1. The predicted octanol–water partition coefficient (Wildman–Crippen LogP) is 2.17. The van der Waals surface area contributed by atoms with Gasteiger partial charge in [-0.25, -0.2) is 0 Å². The molecule has 3 atom stereocenters. The van der Waals surface area contributed by atoms with Gasteiger partial charge in [0.25, 0.3) is 0 Å². The van der Waals surface area contributed by atoms with Crippen LogP contribution >= 0.6 is 0 Å². The lowest BCUT2D eigenvalue weighted by molar-refractivity contribution is -0.126. The Morgan fingerprint density at radius 3 is 2.85 bits per heavy atom. The van der Waals surface area contributed by atoms with Crippen LogP contribution in [0, 0.1) is 11.8 Å². The highest BCUT2D eigenvalue weighted by molar-refractivity contribution is 5.63. The number of ether oxygens (including phenoxy) is 1. The Labute approximate surface area is 79.7 Å². The Morgan fingerprint density at radius 2 is 2.38 bits per heavy atom. The summed E-state index contributed by atoms with van der Waals surface area (Å²) in [6.45, 7) is 3.01. The first-order valence-electron chi connectivity index (χ1n) is 5.40. The normalized spacial score (nSPS) is 43.5. The summed E-state index contributed by atoms with van der Waals surface area (Å²) in [6.07, 6.45) is 6.61. The highest BCUT2D eigenvalue weighted by Gasteiger charge is 2.44. The minimum Gasteiger partial charge on any atom is -0.368 e. The third kappa shape index (κ3) is 1.78. The van der Waals surface area contributed by atoms with E-state index < -0.39 is 0 Å². The fraction of sp³-hybridized carbons (Fsp3) is 0.909. The quantitative estimate of drug-likeness (QED) is 0.623. The maximum absolute atomic E-state index is 11.0. The first-order valence-corrected chi connectivity index (χ1v) is 5.40. The van der Waals surface area contributed by atoms with Crippen LogP contribution in [-0.2, 0) is 9.53 Å². The van der Waals surface area contributed by atoms with Gasteiger partial charge in [-0.15, -0.1) is 0 Å². The van der Waals surface area contributed by atoms with E-state index in [1.165, 1.54) is 12.8 Å². The molecule has 2 fully saturated rings. The van der Waals surface area contributed by atoms with Gasteiger partial charge >= 0.3 is 0 Å². The summed E-state index contributed by atoms with van der Waals surface area (Å²) < 4.78 is 5.57. The van der Waals surface area contributed by atoms with Crippen molar-refractivity contribution in [3.05, 3.63) is 0 Å². The van der Waals surface area contributed by atoms with Crippen molar-refractivity contribution >= 4 is 6.29 Å². The van der Waals surface area contributed by atoms with Crippen LogP contribution in [-0.4, -0.2) is 18.5 Å². The summed E-state index contributed by atoms with van der Waals surface area (Å²) in [6, 6.07) is 0. The molecule has 0 amide bonds. The molecule has 13 heavy (non-hydrogen) atoms. The SMILES string of the molecule is CC[C@@H]1C[C@H]1CC1(C=O)CCCO1. The van der Waals surface area contributed by atoms with Gasteiger partial charge in [0.1, 0.15) is 5.60 Å². The zero-order chi connectivity index (χ0) is 9.31. The summed E-state index contributed by atoms with van der Waals surface area (Å²) in [5.41, 5.74) is -0.380. The minimum atomic E-state index is -0.380. The summed E-state index contributed by atoms with van der Waals surface area (Å²) in [4.78, 5) is 11.0. The Balaban J connectivity index is 1.88. The lowest BCUT2D eigenvalue weighted by Gasteiger charge is -2.21. The first-order chi connectivity index (χ1) is 6.29. The maximum atomic E-state index is 11.0. The van der Waals surface area contributed by atoms with E-state index in [9.17, 15) is 4.79 Å². The summed E-state index contributed by atoms with van der Waals surface area (Å²) >= 11 is 0. The lowest BCUT2D eigenvalue weighted by atomic mass is 9.94. The van der Waals surface area contributed by atoms with Crippen molar-refractivity contribution < 1.29 is 9.53 Å². The Morgan fingerprint density at radius 1 is 1.54 bits per heavy atom. The molecule has 1 aliphatic carbocycles. The number of carbonyl (C=O) groups is 1. The van der Waals surface area contributed by atoms with Gasteiger partial charge in [0.05, 0.1) is 0 Å². The van der Waals surface area contributed by atoms with Gasteiger partial charge in [-0.3, -0.25) is 0 Å². The Bertz CT molecular complexity index is 194. The molecule has 0 radical (unpaired) electrons. The Kier molecular flexibility index (Phi) is 2.41. The zero-order valence-corrected chi connectivity index (χ0v) is 8.29. The van der Waals surface area contributed by atoms with E-state index in [1.807, 2.05) is 0 Å². The van der Waals surface area contributed by atoms with E-state index in [0.29, 0.717) is 0 Å².